The van der Waals surface area contributed by atoms with Crippen LogP contribution in [0.2, 0.25) is 0 Å². The van der Waals surface area contributed by atoms with Crippen molar-refractivity contribution in [3.05, 3.63) is 58.4 Å². The Balaban J connectivity index is 1.57. The van der Waals surface area contributed by atoms with Crippen molar-refractivity contribution < 1.29 is 9.52 Å². The van der Waals surface area contributed by atoms with Crippen LogP contribution in [0, 0.1) is 5.92 Å². The zero-order valence-corrected chi connectivity index (χ0v) is 17.0. The summed E-state index contributed by atoms with van der Waals surface area (Å²) in [6.07, 6.45) is 3.79. The maximum absolute atomic E-state index is 13.2. The molecule has 0 atom stereocenters. The van der Waals surface area contributed by atoms with Gasteiger partial charge in [0.2, 0.25) is 5.43 Å². The SMILES string of the molecule is CC1CCN(Cc2c(O)ccc3c(=O)c(-c4nc5ccccc5s4)coc23)CC1. The molecule has 1 fully saturated rings. The van der Waals surface area contributed by atoms with E-state index in [1.54, 1.807) is 12.1 Å². The zero-order chi connectivity index (χ0) is 20.0. The van der Waals surface area contributed by atoms with Crippen LogP contribution in [-0.4, -0.2) is 28.1 Å². The summed E-state index contributed by atoms with van der Waals surface area (Å²) in [5, 5.41) is 11.6. The zero-order valence-electron chi connectivity index (χ0n) is 16.2. The highest BCUT2D eigenvalue weighted by molar-refractivity contribution is 7.21. The summed E-state index contributed by atoms with van der Waals surface area (Å²) in [7, 11) is 0. The van der Waals surface area contributed by atoms with Gasteiger partial charge in [0.15, 0.2) is 0 Å². The molecule has 0 saturated carbocycles. The van der Waals surface area contributed by atoms with Gasteiger partial charge < -0.3 is 9.52 Å². The van der Waals surface area contributed by atoms with E-state index in [-0.39, 0.29) is 11.2 Å². The molecule has 0 aliphatic carbocycles. The second kappa shape index (κ2) is 7.28. The Hall–Kier alpha value is -2.70. The van der Waals surface area contributed by atoms with E-state index in [4.69, 9.17) is 4.42 Å². The van der Waals surface area contributed by atoms with Crippen LogP contribution in [0.1, 0.15) is 25.3 Å². The minimum Gasteiger partial charge on any atom is -0.507 e. The van der Waals surface area contributed by atoms with Crippen LogP contribution < -0.4 is 5.43 Å². The molecule has 4 aromatic rings. The summed E-state index contributed by atoms with van der Waals surface area (Å²) in [5.74, 6) is 0.911. The molecule has 1 aliphatic rings. The minimum atomic E-state index is -0.112. The van der Waals surface area contributed by atoms with Crippen molar-refractivity contribution >= 4 is 32.5 Å². The van der Waals surface area contributed by atoms with E-state index < -0.39 is 0 Å². The lowest BCUT2D eigenvalue weighted by molar-refractivity contribution is 0.184. The van der Waals surface area contributed by atoms with Gasteiger partial charge in [-0.05, 0) is 56.1 Å². The Labute approximate surface area is 172 Å². The number of rotatable bonds is 3. The van der Waals surface area contributed by atoms with Gasteiger partial charge in [-0.2, -0.15) is 0 Å². The van der Waals surface area contributed by atoms with Crippen molar-refractivity contribution in [2.45, 2.75) is 26.3 Å². The first kappa shape index (κ1) is 18.3. The molecule has 0 bridgehead atoms. The van der Waals surface area contributed by atoms with Gasteiger partial charge in [-0.15, -0.1) is 11.3 Å². The lowest BCUT2D eigenvalue weighted by atomic mass is 9.98. The van der Waals surface area contributed by atoms with Crippen molar-refractivity contribution in [2.24, 2.45) is 5.92 Å². The van der Waals surface area contributed by atoms with E-state index in [1.807, 2.05) is 24.3 Å². The van der Waals surface area contributed by atoms with E-state index in [1.165, 1.54) is 17.6 Å². The molecule has 1 aliphatic heterocycles. The highest BCUT2D eigenvalue weighted by Crippen LogP contribution is 2.32. The summed E-state index contributed by atoms with van der Waals surface area (Å²) < 4.78 is 6.96. The molecule has 0 radical (unpaired) electrons. The molecule has 148 valence electrons. The van der Waals surface area contributed by atoms with Crippen molar-refractivity contribution in [3.8, 4) is 16.3 Å². The number of hydrogen-bond donors (Lipinski definition) is 1. The summed E-state index contributed by atoms with van der Waals surface area (Å²) in [5.41, 5.74) is 2.38. The highest BCUT2D eigenvalue weighted by atomic mass is 32.1. The molecule has 6 heteroatoms. The molecule has 2 aromatic carbocycles. The predicted molar refractivity (Wildman–Crippen MR) is 116 cm³/mol. The van der Waals surface area contributed by atoms with Crippen LogP contribution in [0.5, 0.6) is 5.75 Å². The van der Waals surface area contributed by atoms with Crippen molar-refractivity contribution in [1.82, 2.24) is 9.88 Å². The Morgan fingerprint density at radius 3 is 2.79 bits per heavy atom. The van der Waals surface area contributed by atoms with Gasteiger partial charge in [-0.3, -0.25) is 9.69 Å². The van der Waals surface area contributed by atoms with Crippen LogP contribution in [-0.2, 0) is 6.54 Å². The number of phenolic OH excluding ortho intramolecular Hbond substituents is 1. The molecule has 3 heterocycles. The van der Waals surface area contributed by atoms with Crippen LogP contribution in [0.25, 0.3) is 31.8 Å². The third-order valence-corrected chi connectivity index (χ3v) is 6.87. The van der Waals surface area contributed by atoms with E-state index >= 15 is 0 Å². The lowest BCUT2D eigenvalue weighted by Gasteiger charge is -2.30. The van der Waals surface area contributed by atoms with Crippen LogP contribution in [0.4, 0.5) is 0 Å². The van der Waals surface area contributed by atoms with Gasteiger partial charge in [0.25, 0.3) is 0 Å². The smallest absolute Gasteiger partial charge is 0.202 e. The fourth-order valence-electron chi connectivity index (χ4n) is 3.98. The number of thiazole rings is 1. The number of hydrogen-bond acceptors (Lipinski definition) is 6. The average molecular weight is 407 g/mol. The molecule has 0 amide bonds. The molecule has 1 N–H and O–H groups in total. The first-order valence-corrected chi connectivity index (χ1v) is 10.8. The van der Waals surface area contributed by atoms with Gasteiger partial charge in [0.1, 0.15) is 22.6 Å². The lowest BCUT2D eigenvalue weighted by Crippen LogP contribution is -2.32. The summed E-state index contributed by atoms with van der Waals surface area (Å²) in [6.45, 7) is 4.84. The number of likely N-dealkylation sites (tertiary alicyclic amines) is 1. The molecule has 5 nitrogen and oxygen atoms in total. The highest BCUT2D eigenvalue weighted by Gasteiger charge is 2.21. The molecule has 5 rings (SSSR count). The van der Waals surface area contributed by atoms with Gasteiger partial charge in [0, 0.05) is 6.54 Å². The predicted octanol–water partition coefficient (Wildman–Crippen LogP) is 5.01. The minimum absolute atomic E-state index is 0.112. The molecule has 29 heavy (non-hydrogen) atoms. The summed E-state index contributed by atoms with van der Waals surface area (Å²) in [4.78, 5) is 20.1. The number of aromatic nitrogens is 1. The van der Waals surface area contributed by atoms with Crippen molar-refractivity contribution in [2.75, 3.05) is 13.1 Å². The van der Waals surface area contributed by atoms with Gasteiger partial charge in [0.05, 0.1) is 26.7 Å². The number of phenols is 1. The number of aromatic hydroxyl groups is 1. The summed E-state index contributed by atoms with van der Waals surface area (Å²) in [6, 6.07) is 11.1. The second-order valence-electron chi connectivity index (χ2n) is 7.86. The molecule has 0 unspecified atom stereocenters. The standard InChI is InChI=1S/C23H22N2O3S/c1-14-8-10-25(11-9-14)12-16-19(26)7-6-15-21(27)17(13-28-22(15)16)23-24-18-4-2-3-5-20(18)29-23/h2-7,13-14,26H,8-12H2,1H3. The first-order chi connectivity index (χ1) is 14.1. The fourth-order valence-corrected chi connectivity index (χ4v) is 4.95. The van der Waals surface area contributed by atoms with E-state index in [9.17, 15) is 9.90 Å². The van der Waals surface area contributed by atoms with Crippen LogP contribution in [0.15, 0.2) is 51.9 Å². The molecular formula is C23H22N2O3S. The number of nitrogens with zero attached hydrogens (tertiary/aromatic N) is 2. The van der Waals surface area contributed by atoms with E-state index in [0.717, 1.165) is 42.1 Å². The maximum Gasteiger partial charge on any atom is 0.202 e. The molecule has 0 spiro atoms. The maximum atomic E-state index is 13.2. The largest absolute Gasteiger partial charge is 0.507 e. The third kappa shape index (κ3) is 3.32. The number of benzene rings is 2. The normalized spacial score (nSPS) is 16.0. The Morgan fingerprint density at radius 2 is 2.00 bits per heavy atom. The van der Waals surface area contributed by atoms with Crippen LogP contribution in [0.3, 0.4) is 0 Å². The topological polar surface area (TPSA) is 66.6 Å². The fraction of sp³-hybridized carbons (Fsp3) is 0.304. The van der Waals surface area contributed by atoms with E-state index in [2.05, 4.69) is 16.8 Å². The van der Waals surface area contributed by atoms with E-state index in [0.29, 0.717) is 33.6 Å². The Morgan fingerprint density at radius 1 is 1.21 bits per heavy atom. The number of piperidine rings is 1. The Bertz CT molecular complexity index is 1220. The third-order valence-electron chi connectivity index (χ3n) is 5.80. The first-order valence-electron chi connectivity index (χ1n) is 9.95. The number of para-hydroxylation sites is 1. The quantitative estimate of drug-likeness (QED) is 0.518. The Kier molecular flexibility index (Phi) is 4.60. The monoisotopic (exact) mass is 406 g/mol. The molecular weight excluding hydrogens is 384 g/mol. The summed E-state index contributed by atoms with van der Waals surface area (Å²) >= 11 is 1.48. The van der Waals surface area contributed by atoms with Gasteiger partial charge >= 0.3 is 0 Å². The molecule has 2 aromatic heterocycles. The van der Waals surface area contributed by atoms with Gasteiger partial charge in [-0.1, -0.05) is 19.1 Å². The van der Waals surface area contributed by atoms with Crippen molar-refractivity contribution in [1.29, 1.82) is 0 Å². The number of fused-ring (bicyclic) bond motifs is 2. The van der Waals surface area contributed by atoms with Gasteiger partial charge in [-0.25, -0.2) is 4.98 Å². The van der Waals surface area contributed by atoms with Crippen LogP contribution >= 0.6 is 11.3 Å². The molecule has 1 saturated heterocycles. The second-order valence-corrected chi connectivity index (χ2v) is 8.89. The van der Waals surface area contributed by atoms with Crippen molar-refractivity contribution in [3.63, 3.8) is 0 Å². The average Bonchev–Trinajstić information content (AvgIpc) is 3.16.